The molecular weight excluding hydrogens is 288 g/mol. The van der Waals surface area contributed by atoms with Crippen molar-refractivity contribution in [2.45, 2.75) is 20.4 Å². The van der Waals surface area contributed by atoms with Gasteiger partial charge in [-0.15, -0.1) is 0 Å². The predicted octanol–water partition coefficient (Wildman–Crippen LogP) is 4.44. The molecular formula is C16H17ClN2S. The van der Waals surface area contributed by atoms with Crippen molar-refractivity contribution in [1.29, 1.82) is 0 Å². The molecule has 0 atom stereocenters. The minimum Gasteiger partial charge on any atom is -0.358 e. The van der Waals surface area contributed by atoms with Gasteiger partial charge in [-0.25, -0.2) is 0 Å². The summed E-state index contributed by atoms with van der Waals surface area (Å²) in [5.41, 5.74) is 4.53. The van der Waals surface area contributed by atoms with E-state index in [0.29, 0.717) is 11.7 Å². The van der Waals surface area contributed by atoms with Crippen LogP contribution >= 0.6 is 23.8 Å². The lowest BCUT2D eigenvalue weighted by Gasteiger charge is -2.12. The molecule has 2 nitrogen and oxygen atoms in total. The molecule has 0 saturated carbocycles. The highest BCUT2D eigenvalue weighted by Gasteiger charge is 2.00. The molecule has 2 N–H and O–H groups in total. The van der Waals surface area contributed by atoms with Crippen LogP contribution in [0.2, 0.25) is 5.02 Å². The van der Waals surface area contributed by atoms with Gasteiger partial charge in [-0.2, -0.15) is 0 Å². The number of anilines is 1. The lowest BCUT2D eigenvalue weighted by Crippen LogP contribution is -2.27. The molecule has 0 amide bonds. The molecule has 4 heteroatoms. The average molecular weight is 305 g/mol. The quantitative estimate of drug-likeness (QED) is 0.820. The van der Waals surface area contributed by atoms with Gasteiger partial charge in [-0.3, -0.25) is 0 Å². The van der Waals surface area contributed by atoms with Crippen LogP contribution in [-0.4, -0.2) is 5.11 Å². The number of hydrogen-bond acceptors (Lipinski definition) is 1. The van der Waals surface area contributed by atoms with E-state index < -0.39 is 0 Å². The van der Waals surface area contributed by atoms with Gasteiger partial charge in [0.1, 0.15) is 0 Å². The third-order valence-corrected chi connectivity index (χ3v) is 3.30. The Bertz CT molecular complexity index is 605. The Labute approximate surface area is 130 Å². The molecule has 104 valence electrons. The second-order valence-electron chi connectivity index (χ2n) is 4.81. The molecule has 0 saturated heterocycles. The van der Waals surface area contributed by atoms with E-state index in [0.717, 1.165) is 16.3 Å². The van der Waals surface area contributed by atoms with Crippen LogP contribution in [0.15, 0.2) is 42.5 Å². The first-order chi connectivity index (χ1) is 9.52. The van der Waals surface area contributed by atoms with Gasteiger partial charge < -0.3 is 10.6 Å². The van der Waals surface area contributed by atoms with Gasteiger partial charge in [0, 0.05) is 17.3 Å². The molecule has 2 aromatic rings. The molecule has 0 bridgehead atoms. The summed E-state index contributed by atoms with van der Waals surface area (Å²) in [6.45, 7) is 4.79. The van der Waals surface area contributed by atoms with Crippen molar-refractivity contribution in [3.05, 3.63) is 64.2 Å². The molecule has 2 aromatic carbocycles. The maximum absolute atomic E-state index is 5.95. The lowest BCUT2D eigenvalue weighted by atomic mass is 10.1. The summed E-state index contributed by atoms with van der Waals surface area (Å²) in [7, 11) is 0. The molecule has 2 rings (SSSR count). The zero-order valence-corrected chi connectivity index (χ0v) is 13.1. The SMILES string of the molecule is Cc1cc(C)cc(NC(=S)NCc2cccc(Cl)c2)c1. The van der Waals surface area contributed by atoms with Crippen LogP contribution in [0.5, 0.6) is 0 Å². The maximum Gasteiger partial charge on any atom is 0.171 e. The van der Waals surface area contributed by atoms with Gasteiger partial charge in [0.2, 0.25) is 0 Å². The number of rotatable bonds is 3. The second-order valence-corrected chi connectivity index (χ2v) is 5.66. The molecule has 0 aliphatic rings. The first kappa shape index (κ1) is 14.8. The molecule has 0 fully saturated rings. The van der Waals surface area contributed by atoms with Gasteiger partial charge in [-0.1, -0.05) is 29.8 Å². The molecule has 0 aliphatic heterocycles. The fourth-order valence-electron chi connectivity index (χ4n) is 2.05. The van der Waals surface area contributed by atoms with Crippen molar-refractivity contribution >= 4 is 34.6 Å². The Balaban J connectivity index is 1.92. The van der Waals surface area contributed by atoms with Gasteiger partial charge in [0.15, 0.2) is 5.11 Å². The fraction of sp³-hybridized carbons (Fsp3) is 0.188. The second kappa shape index (κ2) is 6.73. The van der Waals surface area contributed by atoms with E-state index >= 15 is 0 Å². The van der Waals surface area contributed by atoms with Crippen LogP contribution in [0.25, 0.3) is 0 Å². The predicted molar refractivity (Wildman–Crippen MR) is 90.4 cm³/mol. The normalized spacial score (nSPS) is 10.2. The van der Waals surface area contributed by atoms with E-state index in [1.807, 2.05) is 24.3 Å². The van der Waals surface area contributed by atoms with Crippen LogP contribution in [-0.2, 0) is 6.54 Å². The van der Waals surface area contributed by atoms with E-state index in [-0.39, 0.29) is 0 Å². The Morgan fingerprint density at radius 1 is 1.10 bits per heavy atom. The molecule has 0 aliphatic carbocycles. The minimum atomic E-state index is 0.606. The summed E-state index contributed by atoms with van der Waals surface area (Å²) in [4.78, 5) is 0. The van der Waals surface area contributed by atoms with Gasteiger partial charge in [0.25, 0.3) is 0 Å². The Morgan fingerprint density at radius 3 is 2.45 bits per heavy atom. The van der Waals surface area contributed by atoms with Crippen molar-refractivity contribution in [2.24, 2.45) is 0 Å². The monoisotopic (exact) mass is 304 g/mol. The van der Waals surface area contributed by atoms with Crippen molar-refractivity contribution in [3.8, 4) is 0 Å². The van der Waals surface area contributed by atoms with Crippen LogP contribution in [0, 0.1) is 13.8 Å². The Kier molecular flexibility index (Phi) is 4.99. The molecule has 0 spiro atoms. The largest absolute Gasteiger partial charge is 0.358 e. The number of halogens is 1. The topological polar surface area (TPSA) is 24.1 Å². The summed E-state index contributed by atoms with van der Waals surface area (Å²) in [6, 6.07) is 14.0. The zero-order chi connectivity index (χ0) is 14.5. The van der Waals surface area contributed by atoms with E-state index in [2.05, 4.69) is 42.7 Å². The van der Waals surface area contributed by atoms with Crippen molar-refractivity contribution < 1.29 is 0 Å². The smallest absolute Gasteiger partial charge is 0.171 e. The summed E-state index contributed by atoms with van der Waals surface area (Å²) in [5.74, 6) is 0. The van der Waals surface area contributed by atoms with Gasteiger partial charge in [-0.05, 0) is 67.0 Å². The molecule has 20 heavy (non-hydrogen) atoms. The first-order valence-electron chi connectivity index (χ1n) is 6.40. The van der Waals surface area contributed by atoms with Crippen LogP contribution in [0.4, 0.5) is 5.69 Å². The van der Waals surface area contributed by atoms with Gasteiger partial charge in [0.05, 0.1) is 0 Å². The molecule has 0 aromatic heterocycles. The fourth-order valence-corrected chi connectivity index (χ4v) is 2.45. The Hall–Kier alpha value is -1.58. The molecule has 0 radical (unpaired) electrons. The number of aryl methyl sites for hydroxylation is 2. The molecule has 0 unspecified atom stereocenters. The maximum atomic E-state index is 5.95. The number of benzene rings is 2. The summed E-state index contributed by atoms with van der Waals surface area (Å²) in [5, 5.41) is 7.71. The average Bonchev–Trinajstić information content (AvgIpc) is 2.35. The highest BCUT2D eigenvalue weighted by Crippen LogP contribution is 2.14. The van der Waals surface area contributed by atoms with E-state index in [9.17, 15) is 0 Å². The third kappa shape index (κ3) is 4.51. The van der Waals surface area contributed by atoms with E-state index in [1.165, 1.54) is 11.1 Å². The van der Waals surface area contributed by atoms with Gasteiger partial charge >= 0.3 is 0 Å². The minimum absolute atomic E-state index is 0.606. The van der Waals surface area contributed by atoms with Crippen molar-refractivity contribution in [1.82, 2.24) is 5.32 Å². The first-order valence-corrected chi connectivity index (χ1v) is 7.19. The number of thiocarbonyl (C=S) groups is 1. The van der Waals surface area contributed by atoms with E-state index in [1.54, 1.807) is 0 Å². The summed E-state index contributed by atoms with van der Waals surface area (Å²) in [6.07, 6.45) is 0. The zero-order valence-electron chi connectivity index (χ0n) is 11.5. The standard InChI is InChI=1S/C16H17ClN2S/c1-11-6-12(2)8-15(7-11)19-16(20)18-10-13-4-3-5-14(17)9-13/h3-9H,10H2,1-2H3,(H2,18,19,20). The van der Waals surface area contributed by atoms with E-state index in [4.69, 9.17) is 23.8 Å². The lowest BCUT2D eigenvalue weighted by molar-refractivity contribution is 0.926. The summed E-state index contributed by atoms with van der Waals surface area (Å²) < 4.78 is 0. The summed E-state index contributed by atoms with van der Waals surface area (Å²) >= 11 is 11.2. The van der Waals surface area contributed by atoms with Crippen LogP contribution in [0.3, 0.4) is 0 Å². The molecule has 0 heterocycles. The Morgan fingerprint density at radius 2 is 1.80 bits per heavy atom. The highest BCUT2D eigenvalue weighted by molar-refractivity contribution is 7.80. The number of nitrogens with one attached hydrogen (secondary N) is 2. The highest BCUT2D eigenvalue weighted by atomic mass is 35.5. The number of hydrogen-bond donors (Lipinski definition) is 2. The van der Waals surface area contributed by atoms with Crippen molar-refractivity contribution in [3.63, 3.8) is 0 Å². The van der Waals surface area contributed by atoms with Crippen molar-refractivity contribution in [2.75, 3.05) is 5.32 Å². The third-order valence-electron chi connectivity index (χ3n) is 2.82. The van der Waals surface area contributed by atoms with Crippen LogP contribution < -0.4 is 10.6 Å². The van der Waals surface area contributed by atoms with Crippen LogP contribution in [0.1, 0.15) is 16.7 Å².